The normalized spacial score (nSPS) is 12.4. The largest absolute Gasteiger partial charge is 0.534 e. The van der Waals surface area contributed by atoms with Crippen molar-refractivity contribution >= 4 is 16.1 Å². The number of hydrogen-bond donors (Lipinski definition) is 1. The van der Waals surface area contributed by atoms with Crippen LogP contribution in [0.3, 0.4) is 0 Å². The molecule has 0 aliphatic rings. The molecule has 0 unspecified atom stereocenters. The predicted octanol–water partition coefficient (Wildman–Crippen LogP) is 6.55. The molecule has 0 saturated heterocycles. The van der Waals surface area contributed by atoms with E-state index in [0.29, 0.717) is 21.4 Å². The molecule has 8 nitrogen and oxygen atoms in total. The number of nitrogens with zero attached hydrogens (tertiary/aromatic N) is 3. The Balaban J connectivity index is 1.81. The van der Waals surface area contributed by atoms with Gasteiger partial charge in [0.1, 0.15) is 17.0 Å². The Morgan fingerprint density at radius 3 is 2.15 bits per heavy atom. The second-order valence-electron chi connectivity index (χ2n) is 8.66. The van der Waals surface area contributed by atoms with E-state index in [2.05, 4.69) is 14.3 Å². The second kappa shape index (κ2) is 10.5. The number of aryl methyl sites for hydroxylation is 2. The van der Waals surface area contributed by atoms with Crippen molar-refractivity contribution in [3.63, 3.8) is 0 Å². The Morgan fingerprint density at radius 2 is 1.59 bits per heavy atom. The van der Waals surface area contributed by atoms with Crippen molar-refractivity contribution in [3.05, 3.63) is 77.5 Å². The maximum Gasteiger partial charge on any atom is 0.534 e. The van der Waals surface area contributed by atoms with E-state index in [1.807, 2.05) is 0 Å². The highest BCUT2D eigenvalue weighted by Crippen LogP contribution is 2.38. The molecular formula is C26H19F6N3O5S. The number of aromatic nitrogens is 3. The number of pyridine rings is 1. The van der Waals surface area contributed by atoms with Crippen LogP contribution in [0.5, 0.6) is 5.75 Å². The third-order valence-electron chi connectivity index (χ3n) is 5.83. The van der Waals surface area contributed by atoms with E-state index in [9.17, 15) is 44.7 Å². The maximum absolute atomic E-state index is 13.7. The fourth-order valence-corrected chi connectivity index (χ4v) is 4.52. The molecule has 0 bridgehead atoms. The number of carboxylic acids is 1. The minimum absolute atomic E-state index is 0.133. The zero-order chi connectivity index (χ0) is 30.3. The van der Waals surface area contributed by atoms with E-state index >= 15 is 0 Å². The Bertz CT molecular complexity index is 1730. The van der Waals surface area contributed by atoms with Crippen molar-refractivity contribution in [2.45, 2.75) is 32.1 Å². The highest BCUT2D eigenvalue weighted by atomic mass is 32.2. The number of aromatic carboxylic acids is 1. The van der Waals surface area contributed by atoms with Crippen LogP contribution in [0.2, 0.25) is 0 Å². The molecule has 0 radical (unpaired) electrons. The van der Waals surface area contributed by atoms with E-state index < -0.39 is 50.5 Å². The number of carbonyl (C=O) groups is 1. The Morgan fingerprint density at radius 1 is 0.951 bits per heavy atom. The summed E-state index contributed by atoms with van der Waals surface area (Å²) in [4.78, 5) is 16.3. The number of benzene rings is 2. The molecule has 2 heterocycles. The minimum Gasteiger partial charge on any atom is -0.478 e. The first-order valence-corrected chi connectivity index (χ1v) is 13.0. The molecule has 1 N–H and O–H groups in total. The van der Waals surface area contributed by atoms with Crippen LogP contribution in [0.15, 0.2) is 60.7 Å². The molecule has 4 aromatic rings. The summed E-state index contributed by atoms with van der Waals surface area (Å²) in [6.07, 6.45) is -4.99. The van der Waals surface area contributed by atoms with Crippen LogP contribution in [-0.4, -0.2) is 39.8 Å². The zero-order valence-corrected chi connectivity index (χ0v) is 21.9. The van der Waals surface area contributed by atoms with Crippen molar-refractivity contribution in [1.29, 1.82) is 0 Å². The van der Waals surface area contributed by atoms with Crippen molar-refractivity contribution < 1.29 is 48.8 Å². The molecular weight excluding hydrogens is 580 g/mol. The van der Waals surface area contributed by atoms with Crippen LogP contribution in [0, 0.1) is 6.92 Å². The van der Waals surface area contributed by atoms with Gasteiger partial charge in [-0.1, -0.05) is 35.9 Å². The highest BCUT2D eigenvalue weighted by molar-refractivity contribution is 7.88. The van der Waals surface area contributed by atoms with Gasteiger partial charge >= 0.3 is 27.8 Å². The predicted molar refractivity (Wildman–Crippen MR) is 134 cm³/mol. The Kier molecular flexibility index (Phi) is 7.60. The minimum atomic E-state index is -5.87. The van der Waals surface area contributed by atoms with Gasteiger partial charge < -0.3 is 9.29 Å². The summed E-state index contributed by atoms with van der Waals surface area (Å²) in [7, 11) is -5.87. The van der Waals surface area contributed by atoms with Crippen molar-refractivity contribution in [1.82, 2.24) is 14.8 Å². The van der Waals surface area contributed by atoms with Crippen LogP contribution < -0.4 is 4.18 Å². The van der Waals surface area contributed by atoms with E-state index in [0.717, 1.165) is 17.7 Å². The third-order valence-corrected chi connectivity index (χ3v) is 6.81. The lowest BCUT2D eigenvalue weighted by atomic mass is 9.95. The molecule has 0 saturated carbocycles. The fourth-order valence-electron chi connectivity index (χ4n) is 4.06. The van der Waals surface area contributed by atoms with Crippen molar-refractivity contribution in [2.75, 3.05) is 0 Å². The zero-order valence-electron chi connectivity index (χ0n) is 21.1. The lowest BCUT2D eigenvalue weighted by molar-refractivity contribution is -0.144. The number of hydrogen-bond acceptors (Lipinski definition) is 6. The summed E-state index contributed by atoms with van der Waals surface area (Å²) in [5.41, 5.74) is -6.33. The quantitative estimate of drug-likeness (QED) is 0.146. The fraction of sp³-hybridized carbons (Fsp3) is 0.192. The van der Waals surface area contributed by atoms with Gasteiger partial charge in [0.2, 0.25) is 0 Å². The molecule has 15 heteroatoms. The summed E-state index contributed by atoms with van der Waals surface area (Å²) < 4.78 is 106. The van der Waals surface area contributed by atoms with Gasteiger partial charge in [0.25, 0.3) is 0 Å². The molecule has 0 atom stereocenters. The van der Waals surface area contributed by atoms with E-state index in [1.54, 1.807) is 25.1 Å². The lowest BCUT2D eigenvalue weighted by Gasteiger charge is -2.13. The lowest BCUT2D eigenvalue weighted by Crippen LogP contribution is -2.28. The summed E-state index contributed by atoms with van der Waals surface area (Å²) in [6, 6.07) is 14.1. The molecule has 41 heavy (non-hydrogen) atoms. The van der Waals surface area contributed by atoms with E-state index in [-0.39, 0.29) is 17.9 Å². The Hall–Kier alpha value is -4.40. The smallest absolute Gasteiger partial charge is 0.478 e. The average molecular weight is 600 g/mol. The molecule has 0 amide bonds. The van der Waals surface area contributed by atoms with Gasteiger partial charge in [0, 0.05) is 12.1 Å². The van der Waals surface area contributed by atoms with Crippen LogP contribution >= 0.6 is 0 Å². The van der Waals surface area contributed by atoms with Gasteiger partial charge in [-0.2, -0.15) is 39.9 Å². The number of alkyl halides is 6. The molecule has 0 fully saturated rings. The molecule has 216 valence electrons. The first kappa shape index (κ1) is 29.6. The molecule has 0 spiro atoms. The summed E-state index contributed by atoms with van der Waals surface area (Å²) >= 11 is 0. The topological polar surface area (TPSA) is 111 Å². The first-order chi connectivity index (χ1) is 19.0. The summed E-state index contributed by atoms with van der Waals surface area (Å²) in [6.45, 7) is 2.90. The van der Waals surface area contributed by atoms with Gasteiger partial charge in [0.15, 0.2) is 5.69 Å². The maximum atomic E-state index is 13.7. The molecule has 2 aromatic heterocycles. The Labute approximate surface area is 229 Å². The van der Waals surface area contributed by atoms with Gasteiger partial charge in [-0.3, -0.25) is 4.68 Å². The molecule has 2 aromatic carbocycles. The number of halogens is 6. The van der Waals surface area contributed by atoms with Gasteiger partial charge in [-0.15, -0.1) is 0 Å². The van der Waals surface area contributed by atoms with Crippen LogP contribution in [-0.2, 0) is 22.8 Å². The molecule has 4 rings (SSSR count). The van der Waals surface area contributed by atoms with E-state index in [1.165, 1.54) is 37.3 Å². The molecule has 0 aliphatic carbocycles. The highest BCUT2D eigenvalue weighted by Gasteiger charge is 2.48. The number of rotatable bonds is 7. The number of carboxylic acid groups (broad SMARTS) is 1. The van der Waals surface area contributed by atoms with Crippen LogP contribution in [0.1, 0.15) is 28.5 Å². The SMILES string of the molecule is CCn1nc(-c2cccc(-c3cc(C)ccc3-c3ccc(OS(=O)(=O)C(F)(F)F)cc3)n2)c(C(=O)O)c1C(F)(F)F. The first-order valence-electron chi connectivity index (χ1n) is 11.6. The van der Waals surface area contributed by atoms with Gasteiger partial charge in [-0.05, 0) is 55.3 Å². The van der Waals surface area contributed by atoms with Crippen LogP contribution in [0.4, 0.5) is 26.3 Å². The van der Waals surface area contributed by atoms with Gasteiger partial charge in [0.05, 0.1) is 11.4 Å². The van der Waals surface area contributed by atoms with E-state index in [4.69, 9.17) is 0 Å². The molecule has 0 aliphatic heterocycles. The van der Waals surface area contributed by atoms with Crippen molar-refractivity contribution in [3.8, 4) is 39.5 Å². The van der Waals surface area contributed by atoms with Gasteiger partial charge in [-0.25, -0.2) is 9.78 Å². The summed E-state index contributed by atoms with van der Waals surface area (Å²) in [5.74, 6) is -2.40. The van der Waals surface area contributed by atoms with Crippen LogP contribution in [0.25, 0.3) is 33.8 Å². The third kappa shape index (κ3) is 5.89. The standard InChI is InChI=1S/C26H19F6N3O5S/c1-3-35-23(25(27,28)29)21(24(36)37)22(34-35)20-6-4-5-19(33-20)18-13-14(2)7-12-17(18)15-8-10-16(11-9-15)40-41(38,39)26(30,31)32/h4-13H,3H2,1-2H3,(H,36,37). The second-order valence-corrected chi connectivity index (χ2v) is 10.2. The summed E-state index contributed by atoms with van der Waals surface area (Å²) in [5, 5.41) is 13.5. The monoisotopic (exact) mass is 599 g/mol. The average Bonchev–Trinajstić information content (AvgIpc) is 3.30. The van der Waals surface area contributed by atoms with Crippen molar-refractivity contribution in [2.24, 2.45) is 0 Å².